The molecule has 2 atom stereocenters. The van der Waals surface area contributed by atoms with E-state index in [2.05, 4.69) is 4.90 Å². The average molecular weight is 281 g/mol. The second-order valence-electron chi connectivity index (χ2n) is 5.21. The van der Waals surface area contributed by atoms with Crippen LogP contribution in [0.5, 0.6) is 5.75 Å². The number of nitrogens with zero attached hydrogens (tertiary/aromatic N) is 1. The number of rotatable bonds is 5. The maximum absolute atomic E-state index is 12.8. The Morgan fingerprint density at radius 3 is 2.70 bits per heavy atom. The van der Waals surface area contributed by atoms with Crippen LogP contribution in [0.15, 0.2) is 24.3 Å². The van der Waals surface area contributed by atoms with E-state index in [1.807, 2.05) is 7.05 Å². The van der Waals surface area contributed by atoms with E-state index in [0.717, 1.165) is 19.5 Å². The first-order valence-electron chi connectivity index (χ1n) is 6.75. The number of hydrogen-bond donors (Lipinski definition) is 0. The van der Waals surface area contributed by atoms with Crippen molar-refractivity contribution in [2.45, 2.75) is 6.42 Å². The molecule has 1 saturated heterocycles. The zero-order valence-corrected chi connectivity index (χ0v) is 11.8. The van der Waals surface area contributed by atoms with Gasteiger partial charge in [0.2, 0.25) is 0 Å². The van der Waals surface area contributed by atoms with Gasteiger partial charge in [-0.15, -0.1) is 0 Å². The third-order valence-electron chi connectivity index (χ3n) is 3.74. The Balaban J connectivity index is 1.97. The molecule has 0 aromatic heterocycles. The van der Waals surface area contributed by atoms with Gasteiger partial charge in [0.15, 0.2) is 0 Å². The molecule has 1 aromatic carbocycles. The van der Waals surface area contributed by atoms with Crippen LogP contribution in [-0.2, 0) is 9.53 Å². The van der Waals surface area contributed by atoms with E-state index in [4.69, 9.17) is 9.47 Å². The summed E-state index contributed by atoms with van der Waals surface area (Å²) in [6.45, 7) is 2.11. The molecule has 0 bridgehead atoms. The summed E-state index contributed by atoms with van der Waals surface area (Å²) < 4.78 is 23.3. The number of ether oxygens (including phenoxy) is 2. The summed E-state index contributed by atoms with van der Waals surface area (Å²) in [6.07, 6.45) is 0.961. The molecule has 1 heterocycles. The van der Waals surface area contributed by atoms with Crippen molar-refractivity contribution < 1.29 is 18.7 Å². The van der Waals surface area contributed by atoms with Crippen molar-refractivity contribution in [2.24, 2.45) is 11.8 Å². The topological polar surface area (TPSA) is 38.8 Å². The molecule has 5 heteroatoms. The second kappa shape index (κ2) is 6.70. The van der Waals surface area contributed by atoms with Crippen LogP contribution in [0.1, 0.15) is 6.42 Å². The van der Waals surface area contributed by atoms with E-state index in [1.165, 1.54) is 19.2 Å². The van der Waals surface area contributed by atoms with Gasteiger partial charge in [0, 0.05) is 6.54 Å². The maximum atomic E-state index is 12.8. The normalized spacial score (nSPS) is 20.6. The van der Waals surface area contributed by atoms with E-state index in [-0.39, 0.29) is 30.2 Å². The summed E-state index contributed by atoms with van der Waals surface area (Å²) in [7, 11) is 3.43. The molecule has 0 radical (unpaired) electrons. The minimum absolute atomic E-state index is 0.243. The monoisotopic (exact) mass is 281 g/mol. The maximum Gasteiger partial charge on any atom is 0.312 e. The molecule has 1 aromatic rings. The summed E-state index contributed by atoms with van der Waals surface area (Å²) in [6, 6.07) is 5.80. The van der Waals surface area contributed by atoms with Crippen molar-refractivity contribution >= 4 is 5.97 Å². The minimum atomic E-state index is -0.306. The Morgan fingerprint density at radius 2 is 2.15 bits per heavy atom. The van der Waals surface area contributed by atoms with Gasteiger partial charge in [0.1, 0.15) is 18.2 Å². The van der Waals surface area contributed by atoms with E-state index in [1.54, 1.807) is 12.1 Å². The molecule has 1 aliphatic rings. The molecule has 2 unspecified atom stereocenters. The first-order valence-corrected chi connectivity index (χ1v) is 6.75. The Hall–Kier alpha value is -1.62. The van der Waals surface area contributed by atoms with E-state index in [9.17, 15) is 9.18 Å². The molecule has 20 heavy (non-hydrogen) atoms. The van der Waals surface area contributed by atoms with Gasteiger partial charge in [-0.25, -0.2) is 4.39 Å². The fourth-order valence-electron chi connectivity index (χ4n) is 2.56. The molecule has 110 valence electrons. The standard InChI is InChI=1S/C15H20FNO3/c1-17-8-7-11(9-17)14(15(18)19-2)10-20-13-5-3-12(16)4-6-13/h3-6,11,14H,7-10H2,1-2H3. The van der Waals surface area contributed by atoms with Crippen LogP contribution in [-0.4, -0.2) is 44.7 Å². The van der Waals surface area contributed by atoms with Crippen molar-refractivity contribution in [2.75, 3.05) is 33.9 Å². The summed E-state index contributed by atoms with van der Waals surface area (Å²) in [4.78, 5) is 14.1. The molecule has 1 aliphatic heterocycles. The zero-order chi connectivity index (χ0) is 14.5. The molecule has 0 amide bonds. The number of halogens is 1. The predicted molar refractivity (Wildman–Crippen MR) is 73.0 cm³/mol. The third-order valence-corrected chi connectivity index (χ3v) is 3.74. The van der Waals surface area contributed by atoms with Crippen LogP contribution in [0.4, 0.5) is 4.39 Å². The molecule has 0 aliphatic carbocycles. The number of esters is 1. The van der Waals surface area contributed by atoms with Crippen LogP contribution >= 0.6 is 0 Å². The minimum Gasteiger partial charge on any atom is -0.493 e. The number of likely N-dealkylation sites (tertiary alicyclic amines) is 1. The van der Waals surface area contributed by atoms with Gasteiger partial charge in [0.05, 0.1) is 13.0 Å². The van der Waals surface area contributed by atoms with Gasteiger partial charge >= 0.3 is 5.97 Å². The number of benzene rings is 1. The van der Waals surface area contributed by atoms with Crippen molar-refractivity contribution in [3.05, 3.63) is 30.1 Å². The molecule has 1 fully saturated rings. The lowest BCUT2D eigenvalue weighted by Gasteiger charge is -2.21. The number of methoxy groups -OCH3 is 1. The molecular formula is C15H20FNO3. The van der Waals surface area contributed by atoms with Gasteiger partial charge < -0.3 is 14.4 Å². The Bertz CT molecular complexity index is 449. The highest BCUT2D eigenvalue weighted by Gasteiger charge is 2.34. The summed E-state index contributed by atoms with van der Waals surface area (Å²) in [5.41, 5.74) is 0. The quantitative estimate of drug-likeness (QED) is 0.773. The third kappa shape index (κ3) is 3.70. The molecule has 2 rings (SSSR count). The molecular weight excluding hydrogens is 261 g/mol. The second-order valence-corrected chi connectivity index (χ2v) is 5.21. The highest BCUT2D eigenvalue weighted by molar-refractivity contribution is 5.73. The molecule has 0 N–H and O–H groups in total. The van der Waals surface area contributed by atoms with Crippen molar-refractivity contribution in [3.63, 3.8) is 0 Å². The average Bonchev–Trinajstić information content (AvgIpc) is 2.87. The van der Waals surface area contributed by atoms with Gasteiger partial charge in [-0.05, 0) is 50.2 Å². The van der Waals surface area contributed by atoms with Crippen molar-refractivity contribution in [1.29, 1.82) is 0 Å². The van der Waals surface area contributed by atoms with Gasteiger partial charge in [-0.3, -0.25) is 4.79 Å². The lowest BCUT2D eigenvalue weighted by atomic mass is 9.92. The van der Waals surface area contributed by atoms with E-state index < -0.39 is 0 Å². The van der Waals surface area contributed by atoms with Crippen LogP contribution in [0, 0.1) is 17.7 Å². The Morgan fingerprint density at radius 1 is 1.45 bits per heavy atom. The van der Waals surface area contributed by atoms with Crippen molar-refractivity contribution in [1.82, 2.24) is 4.90 Å². The van der Waals surface area contributed by atoms with Crippen LogP contribution in [0.3, 0.4) is 0 Å². The Labute approximate surface area is 118 Å². The first kappa shape index (κ1) is 14.8. The fourth-order valence-corrected chi connectivity index (χ4v) is 2.56. The smallest absolute Gasteiger partial charge is 0.312 e. The van der Waals surface area contributed by atoms with Crippen LogP contribution < -0.4 is 4.74 Å². The molecule has 4 nitrogen and oxygen atoms in total. The number of carbonyl (C=O) groups excluding carboxylic acids is 1. The highest BCUT2D eigenvalue weighted by Crippen LogP contribution is 2.25. The SMILES string of the molecule is COC(=O)C(COc1ccc(F)cc1)C1CCN(C)C1. The highest BCUT2D eigenvalue weighted by atomic mass is 19.1. The van der Waals surface area contributed by atoms with E-state index >= 15 is 0 Å². The van der Waals surface area contributed by atoms with Crippen molar-refractivity contribution in [3.8, 4) is 5.75 Å². The number of hydrogen-bond acceptors (Lipinski definition) is 4. The van der Waals surface area contributed by atoms with E-state index in [0.29, 0.717) is 5.75 Å². The summed E-state index contributed by atoms with van der Waals surface area (Å²) in [5, 5.41) is 0. The summed E-state index contributed by atoms with van der Waals surface area (Å²) >= 11 is 0. The largest absolute Gasteiger partial charge is 0.493 e. The van der Waals surface area contributed by atoms with Crippen LogP contribution in [0.25, 0.3) is 0 Å². The van der Waals surface area contributed by atoms with Gasteiger partial charge in [0.25, 0.3) is 0 Å². The van der Waals surface area contributed by atoms with Gasteiger partial charge in [-0.1, -0.05) is 0 Å². The predicted octanol–water partition coefficient (Wildman–Crippen LogP) is 1.95. The summed E-state index contributed by atoms with van der Waals surface area (Å²) in [5.74, 6) is -0.0266. The lowest BCUT2D eigenvalue weighted by Crippen LogP contribution is -2.32. The van der Waals surface area contributed by atoms with Gasteiger partial charge in [-0.2, -0.15) is 0 Å². The fraction of sp³-hybridized carbons (Fsp3) is 0.533. The lowest BCUT2D eigenvalue weighted by molar-refractivity contribution is -0.148. The number of carbonyl (C=O) groups is 1. The Kier molecular flexibility index (Phi) is 4.95. The van der Waals surface area contributed by atoms with Crippen LogP contribution in [0.2, 0.25) is 0 Å². The first-order chi connectivity index (χ1) is 9.60. The molecule has 0 spiro atoms. The molecule has 0 saturated carbocycles. The zero-order valence-electron chi connectivity index (χ0n) is 11.8.